The average molecular weight is 408 g/mol. The predicted molar refractivity (Wildman–Crippen MR) is 113 cm³/mol. The van der Waals surface area contributed by atoms with Crippen LogP contribution >= 0.6 is 0 Å². The van der Waals surface area contributed by atoms with Crippen LogP contribution in [0.4, 0.5) is 10.2 Å². The quantitative estimate of drug-likeness (QED) is 0.632. The zero-order valence-corrected chi connectivity index (χ0v) is 16.9. The Kier molecular flexibility index (Phi) is 5.93. The second kappa shape index (κ2) is 8.78. The van der Waals surface area contributed by atoms with E-state index in [9.17, 15) is 9.50 Å². The molecule has 1 fully saturated rings. The number of halogens is 1. The number of hydrogen-bond donors (Lipinski definition) is 1. The van der Waals surface area contributed by atoms with Crippen LogP contribution in [0.1, 0.15) is 31.0 Å². The molecule has 0 saturated carbocycles. The summed E-state index contributed by atoms with van der Waals surface area (Å²) >= 11 is 0. The third-order valence-corrected chi connectivity index (χ3v) is 5.81. The lowest BCUT2D eigenvalue weighted by Gasteiger charge is -2.38. The lowest BCUT2D eigenvalue weighted by molar-refractivity contribution is 0.195. The van der Waals surface area contributed by atoms with Gasteiger partial charge in [0.15, 0.2) is 17.0 Å². The number of fused-ring (bicyclic) bond motifs is 1. The van der Waals surface area contributed by atoms with Crippen LogP contribution in [0.25, 0.3) is 11.2 Å². The van der Waals surface area contributed by atoms with Crippen molar-refractivity contribution in [2.45, 2.75) is 25.4 Å². The zero-order valence-electron chi connectivity index (χ0n) is 16.9. The fourth-order valence-corrected chi connectivity index (χ4v) is 4.06. The first kappa shape index (κ1) is 20.3. The number of rotatable bonds is 6. The van der Waals surface area contributed by atoms with E-state index in [1.165, 1.54) is 12.4 Å². The van der Waals surface area contributed by atoms with E-state index in [-0.39, 0.29) is 24.5 Å². The van der Waals surface area contributed by atoms with E-state index in [4.69, 9.17) is 6.42 Å². The minimum Gasteiger partial charge on any atom is -0.394 e. The zero-order chi connectivity index (χ0) is 21.1. The topological polar surface area (TPSA) is 70.3 Å². The fraction of sp³-hybridized carbons (Fsp3) is 0.409. The Bertz CT molecular complexity index is 1050. The number of anilines is 1. The molecule has 4 rings (SSSR count). The highest BCUT2D eigenvalue weighted by Crippen LogP contribution is 2.28. The van der Waals surface area contributed by atoms with Crippen molar-refractivity contribution in [1.29, 1.82) is 0 Å². The molecule has 0 aliphatic carbocycles. The highest BCUT2D eigenvalue weighted by Gasteiger charge is 2.26. The standard InChI is InChI=1S/C22H25FN6O/c1-3-6-17(13-30)29-15-26-20-21(24-14-25-22(20)29)28-11-9-27(10-12-28)16(2)18-7-4-5-8-19(18)23/h1,4-5,7-8,14-17,30H,6,9-13H2,2H3. The molecule has 156 valence electrons. The van der Waals surface area contributed by atoms with Crippen molar-refractivity contribution in [3.63, 3.8) is 0 Å². The minimum atomic E-state index is -0.263. The number of aromatic nitrogens is 4. The van der Waals surface area contributed by atoms with E-state index in [2.05, 4.69) is 30.7 Å². The summed E-state index contributed by atoms with van der Waals surface area (Å²) in [5.41, 5.74) is 2.08. The number of benzene rings is 1. The van der Waals surface area contributed by atoms with Crippen LogP contribution in [0.15, 0.2) is 36.9 Å². The lowest BCUT2D eigenvalue weighted by atomic mass is 10.1. The van der Waals surface area contributed by atoms with Gasteiger partial charge in [-0.25, -0.2) is 19.3 Å². The number of nitrogens with zero attached hydrogens (tertiary/aromatic N) is 6. The van der Waals surface area contributed by atoms with Crippen molar-refractivity contribution in [3.8, 4) is 12.3 Å². The molecule has 3 heterocycles. The van der Waals surface area contributed by atoms with Crippen molar-refractivity contribution >= 4 is 17.0 Å². The van der Waals surface area contributed by atoms with Crippen LogP contribution in [-0.2, 0) is 0 Å². The normalized spacial score (nSPS) is 17.1. The highest BCUT2D eigenvalue weighted by molar-refractivity contribution is 5.83. The van der Waals surface area contributed by atoms with E-state index >= 15 is 0 Å². The van der Waals surface area contributed by atoms with Crippen molar-refractivity contribution in [1.82, 2.24) is 24.4 Å². The molecule has 7 nitrogen and oxygen atoms in total. The molecule has 3 aromatic rings. The van der Waals surface area contributed by atoms with Crippen LogP contribution in [0.3, 0.4) is 0 Å². The summed E-state index contributed by atoms with van der Waals surface area (Å²) in [6, 6.07) is 6.69. The van der Waals surface area contributed by atoms with Crippen molar-refractivity contribution < 1.29 is 9.50 Å². The lowest BCUT2D eigenvalue weighted by Crippen LogP contribution is -2.47. The molecule has 1 aliphatic heterocycles. The maximum absolute atomic E-state index is 14.2. The summed E-state index contributed by atoms with van der Waals surface area (Å²) in [5.74, 6) is 3.19. The molecule has 0 spiro atoms. The Balaban J connectivity index is 1.52. The number of piperazine rings is 1. The molecule has 1 aromatic carbocycles. The molecule has 30 heavy (non-hydrogen) atoms. The Morgan fingerprint density at radius 2 is 1.93 bits per heavy atom. The Morgan fingerprint density at radius 1 is 1.17 bits per heavy atom. The van der Waals surface area contributed by atoms with Crippen molar-refractivity contribution in [3.05, 3.63) is 48.3 Å². The number of terminal acetylenes is 1. The van der Waals surface area contributed by atoms with E-state index in [0.29, 0.717) is 17.6 Å². The second-order valence-corrected chi connectivity index (χ2v) is 7.49. The third-order valence-electron chi connectivity index (χ3n) is 5.81. The smallest absolute Gasteiger partial charge is 0.165 e. The molecule has 0 amide bonds. The van der Waals surface area contributed by atoms with Gasteiger partial charge < -0.3 is 14.6 Å². The van der Waals surface area contributed by atoms with Gasteiger partial charge in [-0.2, -0.15) is 0 Å². The second-order valence-electron chi connectivity index (χ2n) is 7.49. The number of hydrogen-bond acceptors (Lipinski definition) is 6. The Labute approximate surface area is 175 Å². The molecule has 1 N–H and O–H groups in total. The number of aliphatic hydroxyl groups is 1. The highest BCUT2D eigenvalue weighted by atomic mass is 19.1. The predicted octanol–water partition coefficient (Wildman–Crippen LogP) is 2.41. The molecular weight excluding hydrogens is 383 g/mol. The monoisotopic (exact) mass is 408 g/mol. The van der Waals surface area contributed by atoms with E-state index in [0.717, 1.165) is 37.6 Å². The fourth-order valence-electron chi connectivity index (χ4n) is 4.06. The van der Waals surface area contributed by atoms with Crippen LogP contribution in [0.2, 0.25) is 0 Å². The van der Waals surface area contributed by atoms with E-state index in [1.807, 2.05) is 23.6 Å². The largest absolute Gasteiger partial charge is 0.394 e. The van der Waals surface area contributed by atoms with Gasteiger partial charge in [0.05, 0.1) is 19.0 Å². The van der Waals surface area contributed by atoms with Crippen LogP contribution in [-0.4, -0.2) is 62.3 Å². The van der Waals surface area contributed by atoms with E-state index < -0.39 is 0 Å². The van der Waals surface area contributed by atoms with Gasteiger partial charge in [-0.1, -0.05) is 18.2 Å². The van der Waals surface area contributed by atoms with Gasteiger partial charge >= 0.3 is 0 Å². The summed E-state index contributed by atoms with van der Waals surface area (Å²) < 4.78 is 16.0. The third kappa shape index (κ3) is 3.74. The molecule has 8 heteroatoms. The molecular formula is C22H25FN6O. The van der Waals surface area contributed by atoms with Gasteiger partial charge in [-0.15, -0.1) is 12.3 Å². The molecule has 1 saturated heterocycles. The van der Waals surface area contributed by atoms with Gasteiger partial charge in [0.1, 0.15) is 12.1 Å². The molecule has 2 atom stereocenters. The minimum absolute atomic E-state index is 0.00653. The van der Waals surface area contributed by atoms with Gasteiger partial charge in [0.2, 0.25) is 0 Å². The SMILES string of the molecule is C#CCC(CO)n1cnc2c(N3CCN(C(C)c4ccccc4F)CC3)ncnc21. The maximum Gasteiger partial charge on any atom is 0.165 e. The molecule has 0 bridgehead atoms. The van der Waals surface area contributed by atoms with Gasteiger partial charge in [-0.05, 0) is 13.0 Å². The van der Waals surface area contributed by atoms with Gasteiger partial charge in [0.25, 0.3) is 0 Å². The van der Waals surface area contributed by atoms with Crippen LogP contribution < -0.4 is 4.90 Å². The first-order chi connectivity index (χ1) is 14.6. The first-order valence-corrected chi connectivity index (χ1v) is 10.1. The number of aliphatic hydroxyl groups excluding tert-OH is 1. The summed E-state index contributed by atoms with van der Waals surface area (Å²) in [5, 5.41) is 9.67. The maximum atomic E-state index is 14.2. The van der Waals surface area contributed by atoms with Gasteiger partial charge in [0, 0.05) is 44.2 Å². The average Bonchev–Trinajstić information content (AvgIpc) is 3.21. The number of imidazole rings is 1. The summed E-state index contributed by atoms with van der Waals surface area (Å²) in [6.45, 7) is 5.05. The molecule has 1 aliphatic rings. The molecule has 0 radical (unpaired) electrons. The first-order valence-electron chi connectivity index (χ1n) is 10.1. The molecule has 2 aromatic heterocycles. The van der Waals surface area contributed by atoms with Crippen LogP contribution in [0, 0.1) is 18.2 Å². The van der Waals surface area contributed by atoms with Crippen LogP contribution in [0.5, 0.6) is 0 Å². The Hall–Kier alpha value is -3.02. The van der Waals surface area contributed by atoms with Gasteiger partial charge in [-0.3, -0.25) is 4.90 Å². The Morgan fingerprint density at radius 3 is 2.63 bits per heavy atom. The van der Waals surface area contributed by atoms with Crippen molar-refractivity contribution in [2.24, 2.45) is 0 Å². The summed E-state index contributed by atoms with van der Waals surface area (Å²) in [7, 11) is 0. The van der Waals surface area contributed by atoms with E-state index in [1.54, 1.807) is 12.4 Å². The summed E-state index contributed by atoms with van der Waals surface area (Å²) in [4.78, 5) is 17.8. The van der Waals surface area contributed by atoms with Crippen molar-refractivity contribution in [2.75, 3.05) is 37.7 Å². The summed E-state index contributed by atoms with van der Waals surface area (Å²) in [6.07, 6.45) is 9.01. The molecule has 2 unspecified atom stereocenters.